The first-order chi connectivity index (χ1) is 17.2. The summed E-state index contributed by atoms with van der Waals surface area (Å²) in [6.45, 7) is 3.17. The molecule has 0 radical (unpaired) electrons. The fraction of sp³-hybridized carbons (Fsp3) is 0.240. The first kappa shape index (κ1) is 21.5. The number of hydrogen-bond donors (Lipinski definition) is 1. The van der Waals surface area contributed by atoms with Gasteiger partial charge in [-0.15, -0.1) is 5.10 Å². The van der Waals surface area contributed by atoms with Crippen LogP contribution >= 0.6 is 11.3 Å². The molecular formula is C25H22N6O3S. The van der Waals surface area contributed by atoms with E-state index in [0.717, 1.165) is 34.8 Å². The number of fused-ring (bicyclic) bond motifs is 1. The zero-order chi connectivity index (χ0) is 23.8. The van der Waals surface area contributed by atoms with Gasteiger partial charge in [0.15, 0.2) is 16.5 Å². The Kier molecular flexibility index (Phi) is 5.49. The van der Waals surface area contributed by atoms with E-state index in [9.17, 15) is 4.79 Å². The fourth-order valence-electron chi connectivity index (χ4n) is 4.27. The summed E-state index contributed by atoms with van der Waals surface area (Å²) >= 11 is 1.49. The molecule has 5 aromatic rings. The largest absolute Gasteiger partial charge is 0.459 e. The Bertz CT molecular complexity index is 1480. The van der Waals surface area contributed by atoms with E-state index in [0.29, 0.717) is 28.7 Å². The summed E-state index contributed by atoms with van der Waals surface area (Å²) in [7, 11) is 0. The number of carbonyl (C=O) groups excluding carboxylic acids is 1. The lowest BCUT2D eigenvalue weighted by Gasteiger charge is -2.32. The summed E-state index contributed by atoms with van der Waals surface area (Å²) in [6, 6.07) is 15.4. The van der Waals surface area contributed by atoms with E-state index < -0.39 is 0 Å². The first-order valence-corrected chi connectivity index (χ1v) is 12.3. The molecule has 10 heteroatoms. The van der Waals surface area contributed by atoms with Gasteiger partial charge in [0.2, 0.25) is 0 Å². The predicted octanol–water partition coefficient (Wildman–Crippen LogP) is 5.63. The fourth-order valence-corrected chi connectivity index (χ4v) is 5.42. The summed E-state index contributed by atoms with van der Waals surface area (Å²) in [4.78, 5) is 25.4. The predicted molar refractivity (Wildman–Crippen MR) is 133 cm³/mol. The van der Waals surface area contributed by atoms with Crippen LogP contribution in [0.25, 0.3) is 33.3 Å². The van der Waals surface area contributed by atoms with Gasteiger partial charge < -0.3 is 13.7 Å². The molecule has 1 amide bonds. The number of furan rings is 1. The molecule has 1 fully saturated rings. The standard InChI is InChI=1S/C25H22N6O3S/c1-15-8-5-6-12-31(15)25-27-21-20(35-25)17(14-18(26-21)16-9-3-2-4-10-16)22(32)28-24-30-29-23(34-24)19-11-7-13-33-19/h2-4,7,9-11,13-15H,5-6,8,12H2,1H3,(H,28,30,32). The molecule has 1 unspecified atom stereocenters. The zero-order valence-corrected chi connectivity index (χ0v) is 19.8. The van der Waals surface area contributed by atoms with Crippen molar-refractivity contribution in [2.24, 2.45) is 0 Å². The van der Waals surface area contributed by atoms with Crippen LogP contribution in [0.4, 0.5) is 11.1 Å². The Hall–Kier alpha value is -4.05. The van der Waals surface area contributed by atoms with E-state index in [1.807, 2.05) is 30.3 Å². The van der Waals surface area contributed by atoms with Crippen molar-refractivity contribution in [1.82, 2.24) is 20.2 Å². The minimum Gasteiger partial charge on any atom is -0.459 e. The first-order valence-electron chi connectivity index (χ1n) is 11.5. The van der Waals surface area contributed by atoms with Gasteiger partial charge in [0.05, 0.1) is 22.2 Å². The molecule has 176 valence electrons. The number of rotatable bonds is 5. The number of hydrogen-bond acceptors (Lipinski definition) is 9. The second-order valence-electron chi connectivity index (χ2n) is 8.45. The Labute approximate surface area is 204 Å². The lowest BCUT2D eigenvalue weighted by molar-refractivity contribution is 0.102. The van der Waals surface area contributed by atoms with Crippen LogP contribution < -0.4 is 10.2 Å². The quantitative estimate of drug-likeness (QED) is 0.340. The molecule has 1 aromatic carbocycles. The van der Waals surface area contributed by atoms with Crippen LogP contribution in [0.1, 0.15) is 36.5 Å². The molecule has 35 heavy (non-hydrogen) atoms. The number of pyridine rings is 1. The van der Waals surface area contributed by atoms with Crippen molar-refractivity contribution in [3.05, 3.63) is 60.4 Å². The molecule has 6 rings (SSSR count). The van der Waals surface area contributed by atoms with Gasteiger partial charge in [-0.25, -0.2) is 4.98 Å². The average Bonchev–Trinajstić information content (AvgIpc) is 3.65. The van der Waals surface area contributed by atoms with Gasteiger partial charge in [0, 0.05) is 18.2 Å². The average molecular weight is 487 g/mol. The van der Waals surface area contributed by atoms with Crippen molar-refractivity contribution in [3.8, 4) is 22.9 Å². The molecule has 1 atom stereocenters. The molecule has 1 aliphatic rings. The number of anilines is 2. The number of nitrogens with zero attached hydrogens (tertiary/aromatic N) is 5. The highest BCUT2D eigenvalue weighted by Gasteiger charge is 2.25. The molecular weight excluding hydrogens is 464 g/mol. The molecule has 0 bridgehead atoms. The maximum atomic E-state index is 13.4. The zero-order valence-electron chi connectivity index (χ0n) is 19.0. The van der Waals surface area contributed by atoms with Crippen molar-refractivity contribution >= 4 is 38.7 Å². The number of aromatic nitrogens is 4. The maximum absolute atomic E-state index is 13.4. The van der Waals surface area contributed by atoms with Crippen molar-refractivity contribution < 1.29 is 13.6 Å². The van der Waals surface area contributed by atoms with Crippen LogP contribution in [-0.4, -0.2) is 38.7 Å². The SMILES string of the molecule is CC1CCCCN1c1nc2nc(-c3ccccc3)cc(C(=O)Nc3nnc(-c4ccco4)o3)c2s1. The topological polar surface area (TPSA) is 110 Å². The van der Waals surface area contributed by atoms with Gasteiger partial charge in [-0.3, -0.25) is 10.1 Å². The summed E-state index contributed by atoms with van der Waals surface area (Å²) in [5.74, 6) is 0.249. The van der Waals surface area contributed by atoms with E-state index in [2.05, 4.69) is 27.3 Å². The number of thiazole rings is 1. The molecule has 1 aliphatic heterocycles. The van der Waals surface area contributed by atoms with Crippen molar-refractivity contribution in [1.29, 1.82) is 0 Å². The second-order valence-corrected chi connectivity index (χ2v) is 9.43. The Morgan fingerprint density at radius 3 is 2.80 bits per heavy atom. The van der Waals surface area contributed by atoms with E-state index in [4.69, 9.17) is 18.8 Å². The molecule has 0 aliphatic carbocycles. The van der Waals surface area contributed by atoms with E-state index in [1.165, 1.54) is 24.0 Å². The molecule has 1 saturated heterocycles. The Morgan fingerprint density at radius 1 is 1.11 bits per heavy atom. The van der Waals surface area contributed by atoms with Gasteiger partial charge in [0.25, 0.3) is 11.8 Å². The number of amides is 1. The third-order valence-electron chi connectivity index (χ3n) is 6.09. The smallest absolute Gasteiger partial charge is 0.322 e. The molecule has 0 spiro atoms. The summed E-state index contributed by atoms with van der Waals surface area (Å²) in [5.41, 5.74) is 2.59. The monoisotopic (exact) mass is 486 g/mol. The van der Waals surface area contributed by atoms with Crippen molar-refractivity contribution in [2.45, 2.75) is 32.2 Å². The summed E-state index contributed by atoms with van der Waals surface area (Å²) < 4.78 is 11.6. The van der Waals surface area contributed by atoms with Gasteiger partial charge >= 0.3 is 6.01 Å². The normalized spacial score (nSPS) is 16.0. The Morgan fingerprint density at radius 2 is 2.00 bits per heavy atom. The number of nitrogens with one attached hydrogen (secondary N) is 1. The minimum atomic E-state index is -0.369. The van der Waals surface area contributed by atoms with Crippen molar-refractivity contribution in [2.75, 3.05) is 16.8 Å². The van der Waals surface area contributed by atoms with E-state index in [1.54, 1.807) is 18.2 Å². The van der Waals surface area contributed by atoms with Crippen LogP contribution in [0.15, 0.2) is 63.6 Å². The van der Waals surface area contributed by atoms with Gasteiger partial charge in [-0.2, -0.15) is 4.98 Å². The van der Waals surface area contributed by atoms with Crippen LogP contribution in [0.2, 0.25) is 0 Å². The number of piperidine rings is 1. The molecule has 9 nitrogen and oxygen atoms in total. The Balaban J connectivity index is 1.39. The van der Waals surface area contributed by atoms with E-state index in [-0.39, 0.29) is 17.8 Å². The maximum Gasteiger partial charge on any atom is 0.322 e. The van der Waals surface area contributed by atoms with E-state index >= 15 is 0 Å². The third-order valence-corrected chi connectivity index (χ3v) is 7.21. The van der Waals surface area contributed by atoms with Crippen LogP contribution in [0.3, 0.4) is 0 Å². The van der Waals surface area contributed by atoms with Crippen LogP contribution in [0, 0.1) is 0 Å². The highest BCUT2D eigenvalue weighted by atomic mass is 32.1. The number of benzene rings is 1. The van der Waals surface area contributed by atoms with Crippen molar-refractivity contribution in [3.63, 3.8) is 0 Å². The highest BCUT2D eigenvalue weighted by molar-refractivity contribution is 7.22. The molecule has 1 N–H and O–H groups in total. The molecule has 4 aromatic heterocycles. The van der Waals surface area contributed by atoms with Crippen LogP contribution in [0.5, 0.6) is 0 Å². The third kappa shape index (κ3) is 4.17. The lowest BCUT2D eigenvalue weighted by Crippen LogP contribution is -2.37. The summed E-state index contributed by atoms with van der Waals surface area (Å²) in [6.07, 6.45) is 4.99. The number of carbonyl (C=O) groups is 1. The highest BCUT2D eigenvalue weighted by Crippen LogP contribution is 2.36. The van der Waals surface area contributed by atoms with Crippen LogP contribution in [-0.2, 0) is 0 Å². The lowest BCUT2D eigenvalue weighted by atomic mass is 10.1. The van der Waals surface area contributed by atoms with Gasteiger partial charge in [-0.1, -0.05) is 46.8 Å². The minimum absolute atomic E-state index is 0.0120. The molecule has 0 saturated carbocycles. The second kappa shape index (κ2) is 8.95. The van der Waals surface area contributed by atoms with Gasteiger partial charge in [-0.05, 0) is 44.4 Å². The molecule has 5 heterocycles. The summed E-state index contributed by atoms with van der Waals surface area (Å²) in [5, 5.41) is 11.5. The van der Waals surface area contributed by atoms with Gasteiger partial charge in [0.1, 0.15) is 0 Å².